The summed E-state index contributed by atoms with van der Waals surface area (Å²) in [5.41, 5.74) is 1.14. The maximum Gasteiger partial charge on any atom is 0.249 e. The first-order valence-electron chi connectivity index (χ1n) is 17.9. The topological polar surface area (TPSA) is 117 Å². The van der Waals surface area contributed by atoms with E-state index in [1.165, 1.54) is 0 Å². The fraction of sp³-hybridized carbons (Fsp3) is 0.600. The van der Waals surface area contributed by atoms with Gasteiger partial charge in [-0.2, -0.15) is 0 Å². The van der Waals surface area contributed by atoms with E-state index >= 15 is 0 Å². The second kappa shape index (κ2) is 19.7. The molecule has 0 aliphatic carbocycles. The number of ketones is 2. The van der Waals surface area contributed by atoms with Crippen molar-refractivity contribution in [2.24, 2.45) is 17.8 Å². The molecule has 2 aromatic carbocycles. The van der Waals surface area contributed by atoms with Crippen molar-refractivity contribution in [3.8, 4) is 0 Å². The third-order valence-electron chi connectivity index (χ3n) is 8.89. The molecule has 3 rings (SSSR count). The van der Waals surface area contributed by atoms with E-state index in [0.29, 0.717) is 45.3 Å². The Kier molecular flexibility index (Phi) is 16.1. The lowest BCUT2D eigenvalue weighted by molar-refractivity contribution is -0.138. The van der Waals surface area contributed by atoms with Gasteiger partial charge in [-0.1, -0.05) is 88.4 Å². The Labute approximate surface area is 293 Å². The van der Waals surface area contributed by atoms with Gasteiger partial charge in [0.2, 0.25) is 11.8 Å². The number of carbonyl (C=O) groups is 4. The molecule has 0 aromatic heterocycles. The van der Waals surface area contributed by atoms with Crippen molar-refractivity contribution in [1.29, 1.82) is 0 Å². The lowest BCUT2D eigenvalue weighted by Gasteiger charge is -2.27. The second-order valence-corrected chi connectivity index (χ2v) is 14.9. The maximum absolute atomic E-state index is 14.1. The summed E-state index contributed by atoms with van der Waals surface area (Å²) < 4.78 is 11.6. The zero-order valence-electron chi connectivity index (χ0n) is 30.7. The highest BCUT2D eigenvalue weighted by Gasteiger charge is 2.50. The Morgan fingerprint density at radius 3 is 1.94 bits per heavy atom. The minimum absolute atomic E-state index is 0.0763. The molecule has 1 fully saturated rings. The molecule has 1 saturated heterocycles. The summed E-state index contributed by atoms with van der Waals surface area (Å²) in [7, 11) is 3.99. The Morgan fingerprint density at radius 2 is 1.39 bits per heavy atom. The van der Waals surface area contributed by atoms with Crippen molar-refractivity contribution < 1.29 is 28.7 Å². The third kappa shape index (κ3) is 14.2. The lowest BCUT2D eigenvalue weighted by Crippen LogP contribution is -2.50. The molecule has 0 saturated carbocycles. The molecule has 9 nitrogen and oxygen atoms in total. The van der Waals surface area contributed by atoms with Gasteiger partial charge in [-0.15, -0.1) is 0 Å². The Balaban J connectivity index is 1.79. The van der Waals surface area contributed by atoms with Gasteiger partial charge in [-0.3, -0.25) is 19.2 Å². The van der Waals surface area contributed by atoms with Gasteiger partial charge in [-0.25, -0.2) is 0 Å². The van der Waals surface area contributed by atoms with Gasteiger partial charge >= 0.3 is 0 Å². The van der Waals surface area contributed by atoms with E-state index in [1.54, 1.807) is 6.92 Å². The molecule has 1 heterocycles. The number of aryl methyl sites for hydroxylation is 1. The summed E-state index contributed by atoms with van der Waals surface area (Å²) in [6, 6.07) is 18.0. The van der Waals surface area contributed by atoms with Gasteiger partial charge in [0.25, 0.3) is 0 Å². The van der Waals surface area contributed by atoms with Crippen molar-refractivity contribution in [3.05, 3.63) is 71.8 Å². The molecule has 2 N–H and O–H groups in total. The average Bonchev–Trinajstić information content (AvgIpc) is 3.81. The molecule has 5 atom stereocenters. The molecule has 1 aliphatic heterocycles. The summed E-state index contributed by atoms with van der Waals surface area (Å²) >= 11 is 0. The van der Waals surface area contributed by atoms with E-state index < -0.39 is 29.7 Å². The van der Waals surface area contributed by atoms with E-state index in [2.05, 4.69) is 15.5 Å². The predicted molar refractivity (Wildman–Crippen MR) is 193 cm³/mol. The molecule has 2 aromatic rings. The van der Waals surface area contributed by atoms with Crippen LogP contribution in [0, 0.1) is 17.8 Å². The highest BCUT2D eigenvalue weighted by molar-refractivity contribution is 5.98. The molecule has 270 valence electrons. The van der Waals surface area contributed by atoms with E-state index in [4.69, 9.17) is 9.47 Å². The first kappa shape index (κ1) is 40.0. The molecule has 1 aliphatic rings. The van der Waals surface area contributed by atoms with E-state index in [-0.39, 0.29) is 41.6 Å². The molecule has 49 heavy (non-hydrogen) atoms. The van der Waals surface area contributed by atoms with E-state index in [0.717, 1.165) is 24.1 Å². The van der Waals surface area contributed by atoms with Crippen LogP contribution in [0.15, 0.2) is 60.7 Å². The Morgan fingerprint density at radius 1 is 0.837 bits per heavy atom. The minimum atomic E-state index is -0.879. The Hall–Kier alpha value is -3.40. The number of benzene rings is 2. The molecule has 0 radical (unpaired) electrons. The van der Waals surface area contributed by atoms with Crippen LogP contribution in [0.4, 0.5) is 0 Å². The number of carbonyl (C=O) groups excluding carboxylic acids is 4. The van der Waals surface area contributed by atoms with Crippen molar-refractivity contribution in [3.63, 3.8) is 0 Å². The summed E-state index contributed by atoms with van der Waals surface area (Å²) in [4.78, 5) is 57.2. The fourth-order valence-electron chi connectivity index (χ4n) is 6.00. The van der Waals surface area contributed by atoms with Gasteiger partial charge in [-0.05, 0) is 89.1 Å². The first-order valence-corrected chi connectivity index (χ1v) is 17.9. The number of nitrogens with one attached hydrogen (secondary N) is 2. The van der Waals surface area contributed by atoms with Crippen LogP contribution in [0.3, 0.4) is 0 Å². The van der Waals surface area contributed by atoms with E-state index in [1.807, 2.05) is 102 Å². The third-order valence-corrected chi connectivity index (χ3v) is 8.89. The highest BCUT2D eigenvalue weighted by Crippen LogP contribution is 2.30. The van der Waals surface area contributed by atoms with Gasteiger partial charge in [0, 0.05) is 18.9 Å². The largest absolute Gasteiger partial charge is 0.368 e. The summed E-state index contributed by atoms with van der Waals surface area (Å²) in [5, 5.41) is 6.03. The molecule has 0 unspecified atom stereocenters. The van der Waals surface area contributed by atoms with Crippen LogP contribution in [-0.4, -0.2) is 85.9 Å². The molecule has 0 bridgehead atoms. The molecular weight excluding hydrogens is 618 g/mol. The predicted octanol–water partition coefficient (Wildman–Crippen LogP) is 5.19. The quantitative estimate of drug-likeness (QED) is 0.123. The Bertz CT molecular complexity index is 1330. The maximum atomic E-state index is 14.1. The van der Waals surface area contributed by atoms with Crippen molar-refractivity contribution in [2.75, 3.05) is 33.9 Å². The smallest absolute Gasteiger partial charge is 0.249 e. The molecule has 2 amide bonds. The van der Waals surface area contributed by atoms with Crippen LogP contribution in [0.2, 0.25) is 0 Å². The van der Waals surface area contributed by atoms with Gasteiger partial charge < -0.3 is 25.0 Å². The summed E-state index contributed by atoms with van der Waals surface area (Å²) in [6.07, 6.45) is 2.35. The van der Waals surface area contributed by atoms with Gasteiger partial charge in [0.1, 0.15) is 11.7 Å². The highest BCUT2D eigenvalue weighted by atomic mass is 16.6. The van der Waals surface area contributed by atoms with Crippen molar-refractivity contribution in [2.45, 2.75) is 103 Å². The standard InChI is InChI=1S/C40H59N3O6/c1-28(2)23-33(41-39(47)36(48-22-14-21-43(6)7)20-19-30-15-10-8-11-16-30)35(44)26-32(25-31-17-12-9-13-18-31)38(46)42-34(24-29(3)4)37(45)40(5)27-49-40/h8-13,15-18,28-29,32-34,36H,14,19-27H2,1-7H3,(H,41,47)(H,42,46)/t32-,33+,34+,36+,40-/m1/s1. The number of hydrogen-bond donors (Lipinski definition) is 2. The SMILES string of the molecule is CC(C)C[C@H](NC(=O)[C@H](CCc1ccccc1)OCCCN(C)C)C(=O)C[C@@H](Cc1ccccc1)C(=O)N[C@@H](CC(C)C)C(=O)[C@@]1(C)CO1. The van der Waals surface area contributed by atoms with Gasteiger partial charge in [0.05, 0.1) is 18.7 Å². The zero-order chi connectivity index (χ0) is 36.0. The van der Waals surface area contributed by atoms with Crippen molar-refractivity contribution in [1.82, 2.24) is 15.5 Å². The number of rotatable bonds is 23. The van der Waals surface area contributed by atoms with Crippen LogP contribution in [0.5, 0.6) is 0 Å². The van der Waals surface area contributed by atoms with Crippen LogP contribution in [-0.2, 0) is 41.5 Å². The molecule has 9 heteroatoms. The second-order valence-electron chi connectivity index (χ2n) is 14.9. The van der Waals surface area contributed by atoms with Crippen molar-refractivity contribution >= 4 is 23.4 Å². The van der Waals surface area contributed by atoms with Crippen LogP contribution in [0.25, 0.3) is 0 Å². The summed E-state index contributed by atoms with van der Waals surface area (Å²) in [5.74, 6) is -1.46. The lowest BCUT2D eigenvalue weighted by atomic mass is 9.87. The molecular formula is C40H59N3O6. The zero-order valence-corrected chi connectivity index (χ0v) is 30.7. The number of ether oxygens (including phenoxy) is 2. The monoisotopic (exact) mass is 677 g/mol. The summed E-state index contributed by atoms with van der Waals surface area (Å²) in [6.45, 7) is 11.4. The first-order chi connectivity index (χ1) is 23.3. The fourth-order valence-corrected chi connectivity index (χ4v) is 6.00. The van der Waals surface area contributed by atoms with Gasteiger partial charge in [0.15, 0.2) is 11.6 Å². The average molecular weight is 678 g/mol. The minimum Gasteiger partial charge on any atom is -0.368 e. The van der Waals surface area contributed by atoms with Crippen LogP contribution < -0.4 is 10.6 Å². The van der Waals surface area contributed by atoms with E-state index in [9.17, 15) is 19.2 Å². The number of epoxide rings is 1. The van der Waals surface area contributed by atoms with Crippen LogP contribution in [0.1, 0.15) is 77.8 Å². The number of hydrogen-bond acceptors (Lipinski definition) is 7. The normalized spacial score (nSPS) is 18.2. The number of amides is 2. The van der Waals surface area contributed by atoms with Crippen LogP contribution >= 0.6 is 0 Å². The number of nitrogens with zero attached hydrogens (tertiary/aromatic N) is 1. The number of Topliss-reactive ketones (excluding diaryl/α,β-unsaturated/α-hetero) is 2. The molecule has 0 spiro atoms.